The molecule has 21 heavy (non-hydrogen) atoms. The summed E-state index contributed by atoms with van der Waals surface area (Å²) in [6, 6.07) is 19.4. The third-order valence-corrected chi connectivity index (χ3v) is 4.69. The van der Waals surface area contributed by atoms with Crippen molar-refractivity contribution in [2.75, 3.05) is 5.32 Å². The topological polar surface area (TPSA) is 35.8 Å². The average molecular weight is 276 g/mol. The molecule has 2 nitrogen and oxygen atoms in total. The summed E-state index contributed by atoms with van der Waals surface area (Å²) in [7, 11) is 0. The minimum absolute atomic E-state index is 0.309. The predicted octanol–water partition coefficient (Wildman–Crippen LogP) is 4.34. The summed E-state index contributed by atoms with van der Waals surface area (Å²) in [6.45, 7) is 4.27. The highest BCUT2D eigenvalue weighted by Crippen LogP contribution is 2.44. The minimum Gasteiger partial charge on any atom is -0.382 e. The van der Waals surface area contributed by atoms with Crippen LogP contribution in [0.2, 0.25) is 0 Å². The lowest BCUT2D eigenvalue weighted by Gasteiger charge is -2.44. The number of hydrogen-bond donors (Lipinski definition) is 1. The SMILES string of the molecule is Cc1cccc(NC2CC(C#N)(c3ccccc3)C2)c1C. The van der Waals surface area contributed by atoms with Crippen LogP contribution in [0.1, 0.15) is 29.5 Å². The Balaban J connectivity index is 1.73. The fourth-order valence-corrected chi connectivity index (χ4v) is 3.16. The van der Waals surface area contributed by atoms with Crippen LogP contribution in [0.5, 0.6) is 0 Å². The maximum Gasteiger partial charge on any atom is 0.0861 e. The second-order valence-electron chi connectivity index (χ2n) is 6.06. The van der Waals surface area contributed by atoms with Crippen molar-refractivity contribution >= 4 is 5.69 Å². The van der Waals surface area contributed by atoms with Gasteiger partial charge in [-0.25, -0.2) is 0 Å². The molecule has 106 valence electrons. The van der Waals surface area contributed by atoms with Crippen molar-refractivity contribution in [1.82, 2.24) is 0 Å². The van der Waals surface area contributed by atoms with E-state index in [2.05, 4.69) is 55.6 Å². The van der Waals surface area contributed by atoms with E-state index in [0.717, 1.165) is 18.4 Å². The third-order valence-electron chi connectivity index (χ3n) is 4.69. The molecule has 1 N–H and O–H groups in total. The molecule has 2 heteroatoms. The molecule has 0 unspecified atom stereocenters. The number of rotatable bonds is 3. The van der Waals surface area contributed by atoms with Gasteiger partial charge in [0.15, 0.2) is 0 Å². The van der Waals surface area contributed by atoms with Gasteiger partial charge in [-0.15, -0.1) is 0 Å². The second-order valence-corrected chi connectivity index (χ2v) is 6.06. The third kappa shape index (κ3) is 2.40. The van der Waals surface area contributed by atoms with Gasteiger partial charge in [0.25, 0.3) is 0 Å². The first-order valence-electron chi connectivity index (χ1n) is 7.44. The van der Waals surface area contributed by atoms with Gasteiger partial charge >= 0.3 is 0 Å². The van der Waals surface area contributed by atoms with E-state index in [1.165, 1.54) is 16.8 Å². The molecule has 0 radical (unpaired) electrons. The van der Waals surface area contributed by atoms with Gasteiger partial charge in [-0.2, -0.15) is 5.26 Å². The Morgan fingerprint density at radius 2 is 1.76 bits per heavy atom. The first kappa shape index (κ1) is 13.7. The number of benzene rings is 2. The van der Waals surface area contributed by atoms with E-state index in [1.807, 2.05) is 18.2 Å². The molecule has 0 heterocycles. The Labute approximate surface area is 126 Å². The molecule has 1 fully saturated rings. The molecule has 0 bridgehead atoms. The standard InChI is InChI=1S/C19H20N2/c1-14-7-6-10-18(15(14)2)21-17-11-19(12-17,13-20)16-8-4-3-5-9-16/h3-10,17,21H,11-12H2,1-2H3. The molecule has 1 aliphatic rings. The quantitative estimate of drug-likeness (QED) is 0.905. The highest BCUT2D eigenvalue weighted by atomic mass is 14.9. The first-order valence-corrected chi connectivity index (χ1v) is 7.44. The number of hydrogen-bond acceptors (Lipinski definition) is 2. The fourth-order valence-electron chi connectivity index (χ4n) is 3.16. The number of aryl methyl sites for hydroxylation is 1. The minimum atomic E-state index is -0.309. The molecule has 0 aromatic heterocycles. The molecule has 2 aromatic rings. The van der Waals surface area contributed by atoms with E-state index in [4.69, 9.17) is 0 Å². The normalized spacial score (nSPS) is 24.0. The van der Waals surface area contributed by atoms with Crippen molar-refractivity contribution in [3.8, 4) is 6.07 Å². The van der Waals surface area contributed by atoms with Crippen LogP contribution in [0, 0.1) is 25.2 Å². The highest BCUT2D eigenvalue weighted by Gasteiger charge is 2.46. The van der Waals surface area contributed by atoms with Crippen molar-refractivity contribution in [3.05, 3.63) is 65.2 Å². The summed E-state index contributed by atoms with van der Waals surface area (Å²) in [6.07, 6.45) is 1.75. The Hall–Kier alpha value is -2.27. The Bertz CT molecular complexity index is 676. The maximum atomic E-state index is 9.59. The van der Waals surface area contributed by atoms with E-state index in [-0.39, 0.29) is 5.41 Å². The van der Waals surface area contributed by atoms with Crippen molar-refractivity contribution in [2.45, 2.75) is 38.1 Å². The van der Waals surface area contributed by atoms with Crippen LogP contribution in [0.4, 0.5) is 5.69 Å². The molecule has 1 aliphatic carbocycles. The fraction of sp³-hybridized carbons (Fsp3) is 0.316. The summed E-state index contributed by atoms with van der Waals surface area (Å²) in [4.78, 5) is 0. The van der Waals surface area contributed by atoms with Crippen molar-refractivity contribution in [3.63, 3.8) is 0 Å². The van der Waals surface area contributed by atoms with E-state index in [0.29, 0.717) is 6.04 Å². The summed E-state index contributed by atoms with van der Waals surface area (Å²) in [5.41, 5.74) is 4.63. The van der Waals surface area contributed by atoms with Gasteiger partial charge in [0.05, 0.1) is 11.5 Å². The Morgan fingerprint density at radius 1 is 1.05 bits per heavy atom. The van der Waals surface area contributed by atoms with Gasteiger partial charge in [-0.3, -0.25) is 0 Å². The van der Waals surface area contributed by atoms with Crippen LogP contribution in [-0.4, -0.2) is 6.04 Å². The number of nitrogens with one attached hydrogen (secondary N) is 1. The van der Waals surface area contributed by atoms with Crippen molar-refractivity contribution in [2.24, 2.45) is 0 Å². The van der Waals surface area contributed by atoms with E-state index < -0.39 is 0 Å². The van der Waals surface area contributed by atoms with Gasteiger partial charge in [0.2, 0.25) is 0 Å². The smallest absolute Gasteiger partial charge is 0.0861 e. The van der Waals surface area contributed by atoms with Crippen LogP contribution in [0.3, 0.4) is 0 Å². The highest BCUT2D eigenvalue weighted by molar-refractivity contribution is 5.55. The van der Waals surface area contributed by atoms with Gasteiger partial charge in [-0.1, -0.05) is 42.5 Å². The number of anilines is 1. The summed E-state index contributed by atoms with van der Waals surface area (Å²) in [5, 5.41) is 13.2. The van der Waals surface area contributed by atoms with Crippen LogP contribution in [-0.2, 0) is 5.41 Å². The first-order chi connectivity index (χ1) is 10.1. The van der Waals surface area contributed by atoms with Gasteiger partial charge in [-0.05, 0) is 49.4 Å². The average Bonchev–Trinajstić information content (AvgIpc) is 2.48. The Morgan fingerprint density at radius 3 is 2.43 bits per heavy atom. The molecule has 0 spiro atoms. The lowest BCUT2D eigenvalue weighted by atomic mass is 9.62. The Kier molecular flexibility index (Phi) is 3.43. The number of nitriles is 1. The van der Waals surface area contributed by atoms with Crippen LogP contribution >= 0.6 is 0 Å². The lowest BCUT2D eigenvalue weighted by Crippen LogP contribution is -2.47. The largest absolute Gasteiger partial charge is 0.382 e. The van der Waals surface area contributed by atoms with Crippen LogP contribution in [0.25, 0.3) is 0 Å². The second kappa shape index (κ2) is 5.26. The molecule has 1 saturated carbocycles. The van der Waals surface area contributed by atoms with E-state index in [1.54, 1.807) is 0 Å². The van der Waals surface area contributed by atoms with Gasteiger partial charge in [0, 0.05) is 11.7 Å². The predicted molar refractivity (Wildman–Crippen MR) is 86.3 cm³/mol. The van der Waals surface area contributed by atoms with Gasteiger partial charge < -0.3 is 5.32 Å². The number of nitrogens with zero attached hydrogens (tertiary/aromatic N) is 1. The van der Waals surface area contributed by atoms with E-state index in [9.17, 15) is 5.26 Å². The van der Waals surface area contributed by atoms with Crippen molar-refractivity contribution in [1.29, 1.82) is 5.26 Å². The molecule has 0 aliphatic heterocycles. The zero-order valence-electron chi connectivity index (χ0n) is 12.6. The molecule has 2 aromatic carbocycles. The summed E-state index contributed by atoms with van der Waals surface area (Å²) < 4.78 is 0. The summed E-state index contributed by atoms with van der Waals surface area (Å²) in [5.74, 6) is 0. The molecular weight excluding hydrogens is 256 g/mol. The molecular formula is C19H20N2. The van der Waals surface area contributed by atoms with Crippen LogP contribution < -0.4 is 5.32 Å². The van der Waals surface area contributed by atoms with Gasteiger partial charge in [0.1, 0.15) is 0 Å². The van der Waals surface area contributed by atoms with Crippen molar-refractivity contribution < 1.29 is 0 Å². The maximum absolute atomic E-state index is 9.59. The van der Waals surface area contributed by atoms with E-state index >= 15 is 0 Å². The molecule has 3 rings (SSSR count). The molecule has 0 amide bonds. The molecule has 0 saturated heterocycles. The zero-order valence-corrected chi connectivity index (χ0v) is 12.6. The monoisotopic (exact) mass is 276 g/mol. The summed E-state index contributed by atoms with van der Waals surface area (Å²) >= 11 is 0. The zero-order chi connectivity index (χ0) is 14.9. The van der Waals surface area contributed by atoms with Crippen LogP contribution in [0.15, 0.2) is 48.5 Å². The lowest BCUT2D eigenvalue weighted by molar-refractivity contribution is 0.289. The molecule has 0 atom stereocenters.